The number of hydrazine groups is 1. The fraction of sp³-hybridized carbons (Fsp3) is 0. The van der Waals surface area contributed by atoms with Crippen LogP contribution >= 0.6 is 0 Å². The first kappa shape index (κ1) is 16.2. The number of benzene rings is 2. The molecule has 0 saturated carbocycles. The summed E-state index contributed by atoms with van der Waals surface area (Å²) in [5.74, 6) is 0. The molecule has 0 atom stereocenters. The molecule has 22 heavy (non-hydrogen) atoms. The molecule has 0 aliphatic heterocycles. The van der Waals surface area contributed by atoms with Crippen LogP contribution in [0.25, 0.3) is 0 Å². The van der Waals surface area contributed by atoms with Crippen molar-refractivity contribution in [3.63, 3.8) is 0 Å². The van der Waals surface area contributed by atoms with Crippen LogP contribution in [-0.2, 0) is 20.6 Å². The fourth-order valence-electron chi connectivity index (χ4n) is 1.77. The normalized spacial score (nSPS) is 11.9. The summed E-state index contributed by atoms with van der Waals surface area (Å²) in [6.45, 7) is 0. The first-order valence-corrected chi connectivity index (χ1v) is 8.66. The Kier molecular flexibility index (Phi) is 4.37. The third kappa shape index (κ3) is 3.54. The lowest BCUT2D eigenvalue weighted by molar-refractivity contribution is 0.462. The van der Waals surface area contributed by atoms with Crippen LogP contribution in [0.5, 0.6) is 0 Å². The molecular weight excluding hydrogens is 332 g/mol. The highest BCUT2D eigenvalue weighted by atomic mass is 32.2. The average molecular weight is 344 g/mol. The molecule has 0 spiro atoms. The highest BCUT2D eigenvalue weighted by Gasteiger charge is 2.35. The molecule has 2 aromatic rings. The van der Waals surface area contributed by atoms with Crippen molar-refractivity contribution in [3.05, 3.63) is 60.7 Å². The average Bonchev–Trinajstić information content (AvgIpc) is 2.44. The molecule has 2 rings (SSSR count). The molecule has 0 aliphatic carbocycles. The van der Waals surface area contributed by atoms with Crippen LogP contribution in [-0.4, -0.2) is 25.9 Å². The lowest BCUT2D eigenvalue weighted by Gasteiger charge is -2.31. The standard InChI is InChI=1S/C12H12N2O6S2/c15-21(16,17)13(11-7-3-1-4-8-11)14(22(18,19)20)12-9-5-2-6-10-12/h1-10H,(H,15,16,17)(H,18,19,20). The summed E-state index contributed by atoms with van der Waals surface area (Å²) in [6.07, 6.45) is 0. The summed E-state index contributed by atoms with van der Waals surface area (Å²) in [5, 5.41) is 0. The molecule has 0 saturated heterocycles. The van der Waals surface area contributed by atoms with Crippen molar-refractivity contribution in [2.75, 3.05) is 8.83 Å². The molecule has 8 nitrogen and oxygen atoms in total. The van der Waals surface area contributed by atoms with Crippen LogP contribution < -0.4 is 8.83 Å². The maximum absolute atomic E-state index is 11.7. The molecule has 2 N–H and O–H groups in total. The van der Waals surface area contributed by atoms with Gasteiger partial charge >= 0.3 is 20.6 Å². The lowest BCUT2D eigenvalue weighted by atomic mass is 10.3. The predicted molar refractivity (Wildman–Crippen MR) is 80.9 cm³/mol. The van der Waals surface area contributed by atoms with Crippen molar-refractivity contribution in [2.24, 2.45) is 0 Å². The summed E-state index contributed by atoms with van der Waals surface area (Å²) in [5.41, 5.74) is -0.349. The molecule has 10 heteroatoms. The Hall–Kier alpha value is -2.14. The van der Waals surface area contributed by atoms with Crippen LogP contribution in [0.15, 0.2) is 60.7 Å². The van der Waals surface area contributed by atoms with E-state index in [1.54, 1.807) is 12.1 Å². The topological polar surface area (TPSA) is 115 Å². The summed E-state index contributed by atoms with van der Waals surface area (Å²) >= 11 is 0. The fourth-order valence-corrected chi connectivity index (χ4v) is 3.62. The van der Waals surface area contributed by atoms with E-state index in [0.29, 0.717) is 0 Å². The van der Waals surface area contributed by atoms with E-state index in [9.17, 15) is 25.9 Å². The first-order valence-electron chi connectivity index (χ1n) is 5.87. The maximum Gasteiger partial charge on any atom is 0.378 e. The van der Waals surface area contributed by atoms with Crippen molar-refractivity contribution in [2.45, 2.75) is 0 Å². The van der Waals surface area contributed by atoms with Crippen LogP contribution in [0, 0.1) is 0 Å². The predicted octanol–water partition coefficient (Wildman–Crippen LogP) is 1.52. The van der Waals surface area contributed by atoms with E-state index in [1.807, 2.05) is 0 Å². The number of hydrogen-bond acceptors (Lipinski definition) is 4. The Labute approximate surface area is 128 Å². The Morgan fingerprint density at radius 1 is 0.591 bits per heavy atom. The van der Waals surface area contributed by atoms with Gasteiger partial charge in [0.2, 0.25) is 0 Å². The van der Waals surface area contributed by atoms with Gasteiger partial charge in [0.1, 0.15) is 0 Å². The van der Waals surface area contributed by atoms with E-state index >= 15 is 0 Å². The molecule has 0 aromatic heterocycles. The number of rotatable bonds is 5. The smallest absolute Gasteiger partial charge is 0.268 e. The van der Waals surface area contributed by atoms with Gasteiger partial charge in [-0.15, -0.1) is 8.83 Å². The van der Waals surface area contributed by atoms with E-state index in [4.69, 9.17) is 0 Å². The van der Waals surface area contributed by atoms with Gasteiger partial charge in [0.05, 0.1) is 11.4 Å². The van der Waals surface area contributed by atoms with Gasteiger partial charge in [0, 0.05) is 0 Å². The van der Waals surface area contributed by atoms with Crippen LogP contribution in [0.2, 0.25) is 0 Å². The summed E-state index contributed by atoms with van der Waals surface area (Å²) in [4.78, 5) is 0. The maximum atomic E-state index is 11.7. The van der Waals surface area contributed by atoms with E-state index in [2.05, 4.69) is 0 Å². The molecule has 2 aromatic carbocycles. The van der Waals surface area contributed by atoms with Gasteiger partial charge in [-0.05, 0) is 24.3 Å². The minimum Gasteiger partial charge on any atom is -0.268 e. The van der Waals surface area contributed by atoms with Crippen LogP contribution in [0.3, 0.4) is 0 Å². The van der Waals surface area contributed by atoms with Crippen molar-refractivity contribution < 1.29 is 25.9 Å². The SMILES string of the molecule is O=S(=O)(O)N(c1ccccc1)N(c1ccccc1)S(=O)(=O)O. The molecule has 0 radical (unpaired) electrons. The molecule has 0 heterocycles. The van der Waals surface area contributed by atoms with E-state index in [1.165, 1.54) is 48.5 Å². The van der Waals surface area contributed by atoms with Crippen LogP contribution in [0.4, 0.5) is 11.4 Å². The molecule has 118 valence electrons. The van der Waals surface area contributed by atoms with Crippen molar-refractivity contribution in [1.29, 1.82) is 0 Å². The molecule has 0 amide bonds. The van der Waals surface area contributed by atoms with Gasteiger partial charge in [-0.2, -0.15) is 16.8 Å². The van der Waals surface area contributed by atoms with E-state index in [0.717, 1.165) is 0 Å². The Morgan fingerprint density at radius 2 is 0.864 bits per heavy atom. The zero-order valence-corrected chi connectivity index (χ0v) is 12.6. The minimum absolute atomic E-state index is 0.0810. The Bertz CT molecular complexity index is 764. The summed E-state index contributed by atoms with van der Waals surface area (Å²) in [6, 6.07) is 14.0. The number of para-hydroxylation sites is 2. The molecule has 0 unspecified atom stereocenters. The number of hydrogen-bond donors (Lipinski definition) is 2. The zero-order valence-electron chi connectivity index (χ0n) is 11.0. The second-order valence-electron chi connectivity index (χ2n) is 4.11. The first-order chi connectivity index (χ1) is 10.2. The monoisotopic (exact) mass is 344 g/mol. The van der Waals surface area contributed by atoms with Gasteiger partial charge < -0.3 is 0 Å². The molecule has 0 fully saturated rings. The Morgan fingerprint density at radius 3 is 1.09 bits per heavy atom. The second-order valence-corrected chi connectivity index (χ2v) is 6.60. The summed E-state index contributed by atoms with van der Waals surface area (Å²) in [7, 11) is -10.1. The highest BCUT2D eigenvalue weighted by molar-refractivity contribution is 7.91. The number of nitrogens with zero attached hydrogens (tertiary/aromatic N) is 2. The van der Waals surface area contributed by atoms with Gasteiger partial charge in [-0.3, -0.25) is 9.11 Å². The molecule has 0 aliphatic rings. The van der Waals surface area contributed by atoms with Gasteiger partial charge in [-0.25, -0.2) is 0 Å². The van der Waals surface area contributed by atoms with E-state index in [-0.39, 0.29) is 20.2 Å². The second kappa shape index (κ2) is 5.93. The largest absolute Gasteiger partial charge is 0.378 e. The van der Waals surface area contributed by atoms with Crippen molar-refractivity contribution in [1.82, 2.24) is 0 Å². The summed E-state index contributed by atoms with van der Waals surface area (Å²) < 4.78 is 65.6. The van der Waals surface area contributed by atoms with Gasteiger partial charge in [0.15, 0.2) is 0 Å². The molecular formula is C12H12N2O6S2. The lowest BCUT2D eigenvalue weighted by Crippen LogP contribution is -2.50. The van der Waals surface area contributed by atoms with Crippen LogP contribution in [0.1, 0.15) is 0 Å². The van der Waals surface area contributed by atoms with E-state index < -0.39 is 20.6 Å². The molecule has 0 bridgehead atoms. The van der Waals surface area contributed by atoms with Gasteiger partial charge in [-0.1, -0.05) is 36.4 Å². The minimum atomic E-state index is -5.03. The highest BCUT2D eigenvalue weighted by Crippen LogP contribution is 2.27. The third-order valence-corrected chi connectivity index (χ3v) is 4.28. The van der Waals surface area contributed by atoms with Gasteiger partial charge in [0.25, 0.3) is 0 Å². The van der Waals surface area contributed by atoms with Crippen molar-refractivity contribution in [3.8, 4) is 0 Å². The van der Waals surface area contributed by atoms with Crippen molar-refractivity contribution >= 4 is 32.0 Å². The zero-order chi connectivity index (χ0) is 16.4. The quantitative estimate of drug-likeness (QED) is 0.628. The Balaban J connectivity index is 2.71. The number of anilines is 2. The third-order valence-electron chi connectivity index (χ3n) is 2.56.